The number of ether oxygens (including phenoxy) is 2. The molecule has 4 fully saturated rings. The van der Waals surface area contributed by atoms with Crippen molar-refractivity contribution in [3.63, 3.8) is 0 Å². The van der Waals surface area contributed by atoms with Gasteiger partial charge in [0.05, 0.1) is 18.8 Å². The Kier molecular flexibility index (Phi) is 5.06. The molecule has 0 radical (unpaired) electrons. The minimum atomic E-state index is -0.904. The van der Waals surface area contributed by atoms with Crippen molar-refractivity contribution in [2.24, 2.45) is 29.1 Å². The third kappa shape index (κ3) is 3.17. The van der Waals surface area contributed by atoms with Crippen molar-refractivity contribution in [2.75, 3.05) is 37.7 Å². The molecule has 0 amide bonds. The molecule has 4 nitrogen and oxygen atoms in total. The van der Waals surface area contributed by atoms with Crippen LogP contribution in [0.25, 0.3) is 0 Å². The molecule has 1 spiro atoms. The molecule has 3 saturated carbocycles. The van der Waals surface area contributed by atoms with E-state index in [1.807, 2.05) is 0 Å². The molecule has 30 heavy (non-hydrogen) atoms. The zero-order valence-electron chi connectivity index (χ0n) is 19.2. The van der Waals surface area contributed by atoms with Gasteiger partial charge in [0.25, 0.3) is 0 Å². The lowest BCUT2D eigenvalue weighted by Gasteiger charge is -2.61. The van der Waals surface area contributed by atoms with E-state index in [0.717, 1.165) is 44.3 Å². The SMILES string of the molecule is CCC12CC(O)(CS(C)(C)C)C3C4CCC5(CC4=CCC3C1CCC2=O)OCCO5. The van der Waals surface area contributed by atoms with Gasteiger partial charge < -0.3 is 14.6 Å². The molecule has 6 atom stereocenters. The van der Waals surface area contributed by atoms with Crippen molar-refractivity contribution in [3.05, 3.63) is 11.6 Å². The first-order valence-electron chi connectivity index (χ1n) is 12.0. The van der Waals surface area contributed by atoms with E-state index in [1.165, 1.54) is 5.57 Å². The second kappa shape index (κ2) is 7.07. The first-order chi connectivity index (χ1) is 14.1. The summed E-state index contributed by atoms with van der Waals surface area (Å²) in [6.07, 6.45) is 16.6. The fourth-order valence-corrected chi connectivity index (χ4v) is 10.2. The average Bonchev–Trinajstić information content (AvgIpc) is 3.25. The van der Waals surface area contributed by atoms with Crippen LogP contribution >= 0.6 is 10.0 Å². The third-order valence-electron chi connectivity index (χ3n) is 9.17. The van der Waals surface area contributed by atoms with Gasteiger partial charge in [0.2, 0.25) is 0 Å². The molecule has 6 unspecified atom stereocenters. The van der Waals surface area contributed by atoms with Gasteiger partial charge in [-0.2, -0.15) is 0 Å². The van der Waals surface area contributed by atoms with Crippen LogP contribution in [0.15, 0.2) is 11.6 Å². The molecule has 0 aromatic carbocycles. The van der Waals surface area contributed by atoms with E-state index >= 15 is 0 Å². The summed E-state index contributed by atoms with van der Waals surface area (Å²) in [6.45, 7) is 3.58. The molecule has 1 N–H and O–H groups in total. The van der Waals surface area contributed by atoms with Crippen LogP contribution in [0, 0.1) is 29.1 Å². The molecule has 4 aliphatic carbocycles. The molecule has 1 aliphatic heterocycles. The van der Waals surface area contributed by atoms with E-state index in [-0.39, 0.29) is 11.3 Å². The van der Waals surface area contributed by atoms with Crippen LogP contribution < -0.4 is 0 Å². The summed E-state index contributed by atoms with van der Waals surface area (Å²) >= 11 is 0. The molecule has 1 saturated heterocycles. The molecule has 170 valence electrons. The van der Waals surface area contributed by atoms with Crippen LogP contribution in [0.1, 0.15) is 58.3 Å². The standard InChI is InChI=1S/C25H40O4S/c1-5-23-15-24(27,16-30(2,3)4)22-18-10-11-25(28-12-13-29-25)14-17(18)6-7-19(22)20(23)8-9-21(23)26/h6,18-20,22,27H,5,7-16H2,1-4H3. The molecule has 5 rings (SSSR count). The second-order valence-electron chi connectivity index (χ2n) is 11.7. The fraction of sp³-hybridized carbons (Fsp3) is 0.880. The Morgan fingerprint density at radius 2 is 1.93 bits per heavy atom. The van der Waals surface area contributed by atoms with Crippen LogP contribution in [-0.4, -0.2) is 60.0 Å². The Morgan fingerprint density at radius 1 is 1.20 bits per heavy atom. The third-order valence-corrected chi connectivity index (χ3v) is 10.5. The maximum absolute atomic E-state index is 13.2. The minimum Gasteiger partial charge on any atom is -0.389 e. The molecule has 0 aromatic rings. The highest BCUT2D eigenvalue weighted by Crippen LogP contribution is 2.66. The fourth-order valence-electron chi connectivity index (χ4n) is 8.41. The quantitative estimate of drug-likeness (QED) is 0.671. The first kappa shape index (κ1) is 21.5. The number of hydrogen-bond acceptors (Lipinski definition) is 4. The number of hydrogen-bond donors (Lipinski definition) is 1. The number of fused-ring (bicyclic) bond motifs is 5. The molecular weight excluding hydrogens is 396 g/mol. The largest absolute Gasteiger partial charge is 0.389 e. The van der Waals surface area contributed by atoms with Crippen LogP contribution in [0.5, 0.6) is 0 Å². The maximum atomic E-state index is 13.2. The van der Waals surface area contributed by atoms with E-state index < -0.39 is 21.4 Å². The Morgan fingerprint density at radius 3 is 2.60 bits per heavy atom. The monoisotopic (exact) mass is 436 g/mol. The molecular formula is C25H40O4S. The highest BCUT2D eigenvalue weighted by molar-refractivity contribution is 8.32. The summed E-state index contributed by atoms with van der Waals surface area (Å²) in [5.41, 5.74) is 0.427. The van der Waals surface area contributed by atoms with Gasteiger partial charge in [-0.15, -0.1) is 0 Å². The molecule has 0 bridgehead atoms. The van der Waals surface area contributed by atoms with Crippen LogP contribution in [0.4, 0.5) is 0 Å². The van der Waals surface area contributed by atoms with Crippen molar-refractivity contribution < 1.29 is 19.4 Å². The lowest BCUT2D eigenvalue weighted by atomic mass is 9.47. The van der Waals surface area contributed by atoms with Crippen molar-refractivity contribution in [1.29, 1.82) is 0 Å². The predicted octanol–water partition coefficient (Wildman–Crippen LogP) is 4.30. The highest BCUT2D eigenvalue weighted by atomic mass is 32.3. The minimum absolute atomic E-state index is 0.276. The summed E-state index contributed by atoms with van der Waals surface area (Å²) in [7, 11) is -0.904. The number of Topliss-reactive ketones (excluding diaryl/α,β-unsaturated/α-hetero) is 1. The van der Waals surface area contributed by atoms with Crippen molar-refractivity contribution in [2.45, 2.75) is 69.7 Å². The van der Waals surface area contributed by atoms with Gasteiger partial charge in [0.15, 0.2) is 5.79 Å². The highest BCUT2D eigenvalue weighted by Gasteiger charge is 2.65. The van der Waals surface area contributed by atoms with Gasteiger partial charge in [-0.3, -0.25) is 4.79 Å². The van der Waals surface area contributed by atoms with Gasteiger partial charge in [0, 0.05) is 30.4 Å². The summed E-state index contributed by atoms with van der Waals surface area (Å²) in [4.78, 5) is 13.2. The Labute approximate surface area is 183 Å². The zero-order valence-corrected chi connectivity index (χ0v) is 20.1. The molecule has 5 heteroatoms. The zero-order chi connectivity index (χ0) is 21.4. The predicted molar refractivity (Wildman–Crippen MR) is 122 cm³/mol. The molecule has 5 aliphatic rings. The van der Waals surface area contributed by atoms with Crippen LogP contribution in [0.3, 0.4) is 0 Å². The summed E-state index contributed by atoms with van der Waals surface area (Å²) in [5.74, 6) is 2.45. The number of allylic oxidation sites excluding steroid dienone is 1. The van der Waals surface area contributed by atoms with Gasteiger partial charge in [-0.05, 0) is 74.5 Å². The van der Waals surface area contributed by atoms with Gasteiger partial charge in [-0.25, -0.2) is 10.0 Å². The number of aliphatic hydroxyl groups is 1. The topological polar surface area (TPSA) is 55.8 Å². The van der Waals surface area contributed by atoms with Gasteiger partial charge in [-0.1, -0.05) is 18.6 Å². The summed E-state index contributed by atoms with van der Waals surface area (Å²) in [6, 6.07) is 0. The summed E-state index contributed by atoms with van der Waals surface area (Å²) < 4.78 is 12.1. The lowest BCUT2D eigenvalue weighted by Crippen LogP contribution is -2.62. The van der Waals surface area contributed by atoms with Crippen LogP contribution in [-0.2, 0) is 14.3 Å². The van der Waals surface area contributed by atoms with E-state index in [1.54, 1.807) is 0 Å². The van der Waals surface area contributed by atoms with Gasteiger partial charge in [0.1, 0.15) is 5.78 Å². The smallest absolute Gasteiger partial charge is 0.172 e. The first-order valence-corrected chi connectivity index (χ1v) is 15.0. The van der Waals surface area contributed by atoms with Crippen LogP contribution in [0.2, 0.25) is 0 Å². The average molecular weight is 437 g/mol. The second-order valence-corrected chi connectivity index (χ2v) is 16.2. The maximum Gasteiger partial charge on any atom is 0.172 e. The van der Waals surface area contributed by atoms with E-state index in [9.17, 15) is 9.90 Å². The Hall–Kier alpha value is -0.360. The Balaban J connectivity index is 1.55. The lowest BCUT2D eigenvalue weighted by molar-refractivity contribution is -0.192. The number of ketones is 1. The van der Waals surface area contributed by atoms with Crippen molar-refractivity contribution in [1.82, 2.24) is 0 Å². The van der Waals surface area contributed by atoms with Crippen molar-refractivity contribution in [3.8, 4) is 0 Å². The number of carbonyl (C=O) groups is 1. The summed E-state index contributed by atoms with van der Waals surface area (Å²) in [5, 5.41) is 12.4. The number of carbonyl (C=O) groups excluding carboxylic acids is 1. The normalized spacial score (nSPS) is 45.6. The Bertz CT molecular complexity index is 749. The number of rotatable bonds is 3. The van der Waals surface area contributed by atoms with E-state index in [4.69, 9.17) is 9.47 Å². The van der Waals surface area contributed by atoms with Gasteiger partial charge >= 0.3 is 0 Å². The molecule has 1 heterocycles. The van der Waals surface area contributed by atoms with Crippen molar-refractivity contribution >= 4 is 15.8 Å². The van der Waals surface area contributed by atoms with E-state index in [2.05, 4.69) is 31.8 Å². The molecule has 0 aromatic heterocycles. The van der Waals surface area contributed by atoms with E-state index in [0.29, 0.717) is 49.6 Å².